The minimum absolute atomic E-state index is 0.279. The highest BCUT2D eigenvalue weighted by Gasteiger charge is 2.31. The standard InChI is InChI=1S/C16H26N6O2S/c1-10(2)9-22-12(4)15(11(3)18-22)25(23,24)20-14-7-6-8-21-16(14)17-13(5)19-21/h10,14,20H,6-9H2,1-5H3/t14-/m0/s1. The van der Waals surface area contributed by atoms with Gasteiger partial charge in [0.1, 0.15) is 16.5 Å². The van der Waals surface area contributed by atoms with Gasteiger partial charge in [-0.2, -0.15) is 10.2 Å². The molecular weight excluding hydrogens is 340 g/mol. The summed E-state index contributed by atoms with van der Waals surface area (Å²) in [5.41, 5.74) is 1.20. The van der Waals surface area contributed by atoms with Gasteiger partial charge in [-0.1, -0.05) is 13.8 Å². The second-order valence-electron chi connectivity index (χ2n) is 7.13. The summed E-state index contributed by atoms with van der Waals surface area (Å²) >= 11 is 0. The Kier molecular flexibility index (Phi) is 4.72. The topological polar surface area (TPSA) is 94.7 Å². The Hall–Kier alpha value is -1.74. The lowest BCUT2D eigenvalue weighted by molar-refractivity contribution is 0.399. The number of hydrogen-bond donors (Lipinski definition) is 1. The molecule has 8 nitrogen and oxygen atoms in total. The van der Waals surface area contributed by atoms with Gasteiger partial charge in [0.15, 0.2) is 0 Å². The van der Waals surface area contributed by atoms with E-state index in [0.29, 0.717) is 35.5 Å². The molecule has 0 bridgehead atoms. The monoisotopic (exact) mass is 366 g/mol. The van der Waals surface area contributed by atoms with Crippen molar-refractivity contribution >= 4 is 10.0 Å². The summed E-state index contributed by atoms with van der Waals surface area (Å²) in [6.07, 6.45) is 1.59. The molecule has 9 heteroatoms. The molecule has 138 valence electrons. The van der Waals surface area contributed by atoms with Gasteiger partial charge in [0.05, 0.1) is 17.4 Å². The molecule has 3 rings (SSSR count). The van der Waals surface area contributed by atoms with Gasteiger partial charge in [-0.05, 0) is 39.5 Å². The third-order valence-corrected chi connectivity index (χ3v) is 6.12. The Bertz CT molecular complexity index is 881. The van der Waals surface area contributed by atoms with Crippen LogP contribution in [0.15, 0.2) is 4.90 Å². The summed E-state index contributed by atoms with van der Waals surface area (Å²) in [7, 11) is -3.68. The zero-order valence-corrected chi connectivity index (χ0v) is 16.3. The molecule has 0 amide bonds. The molecule has 2 aromatic rings. The van der Waals surface area contributed by atoms with E-state index in [9.17, 15) is 8.42 Å². The van der Waals surface area contributed by atoms with Crippen molar-refractivity contribution in [3.8, 4) is 0 Å². The molecule has 0 saturated carbocycles. The second kappa shape index (κ2) is 6.53. The lowest BCUT2D eigenvalue weighted by Crippen LogP contribution is -2.33. The first-order valence-corrected chi connectivity index (χ1v) is 10.1. The van der Waals surface area contributed by atoms with Crippen LogP contribution in [0, 0.1) is 26.7 Å². The van der Waals surface area contributed by atoms with Gasteiger partial charge in [-0.25, -0.2) is 22.8 Å². The first-order valence-electron chi connectivity index (χ1n) is 8.66. The smallest absolute Gasteiger partial charge is 0.244 e. The lowest BCUT2D eigenvalue weighted by atomic mass is 10.1. The summed E-state index contributed by atoms with van der Waals surface area (Å²) in [5.74, 6) is 1.75. The van der Waals surface area contributed by atoms with E-state index in [0.717, 1.165) is 19.4 Å². The number of fused-ring (bicyclic) bond motifs is 1. The fourth-order valence-corrected chi connectivity index (χ4v) is 5.06. The molecule has 0 radical (unpaired) electrons. The summed E-state index contributed by atoms with van der Waals surface area (Å²) in [6, 6.07) is -0.354. The van der Waals surface area contributed by atoms with Crippen molar-refractivity contribution in [2.75, 3.05) is 0 Å². The fraction of sp³-hybridized carbons (Fsp3) is 0.688. The third-order valence-electron chi connectivity index (χ3n) is 4.40. The minimum Gasteiger partial charge on any atom is -0.268 e. The molecule has 2 aromatic heterocycles. The molecule has 0 unspecified atom stereocenters. The Balaban J connectivity index is 1.92. The Labute approximate surface area is 148 Å². The van der Waals surface area contributed by atoms with Crippen molar-refractivity contribution < 1.29 is 8.42 Å². The van der Waals surface area contributed by atoms with Gasteiger partial charge in [-0.15, -0.1) is 0 Å². The fourth-order valence-electron chi connectivity index (χ4n) is 3.42. The van der Waals surface area contributed by atoms with Crippen LogP contribution in [0.3, 0.4) is 0 Å². The van der Waals surface area contributed by atoms with Crippen molar-refractivity contribution in [3.05, 3.63) is 23.0 Å². The predicted octanol–water partition coefficient (Wildman–Crippen LogP) is 1.87. The molecular formula is C16H26N6O2S. The molecule has 0 spiro atoms. The van der Waals surface area contributed by atoms with Crippen molar-refractivity contribution in [3.63, 3.8) is 0 Å². The van der Waals surface area contributed by atoms with Crippen LogP contribution < -0.4 is 4.72 Å². The van der Waals surface area contributed by atoms with Crippen molar-refractivity contribution in [2.24, 2.45) is 5.92 Å². The number of nitrogens with one attached hydrogen (secondary N) is 1. The van der Waals surface area contributed by atoms with E-state index >= 15 is 0 Å². The van der Waals surface area contributed by atoms with Gasteiger partial charge in [-0.3, -0.25) is 4.68 Å². The van der Waals surface area contributed by atoms with Crippen molar-refractivity contribution in [1.29, 1.82) is 0 Å². The van der Waals surface area contributed by atoms with Crippen LogP contribution in [0.5, 0.6) is 0 Å². The quantitative estimate of drug-likeness (QED) is 0.872. The molecule has 1 aliphatic rings. The number of aromatic nitrogens is 5. The summed E-state index contributed by atoms with van der Waals surface area (Å²) < 4.78 is 32.5. The highest BCUT2D eigenvalue weighted by atomic mass is 32.2. The molecule has 0 aromatic carbocycles. The van der Waals surface area contributed by atoms with E-state index in [2.05, 4.69) is 33.8 Å². The molecule has 0 fully saturated rings. The van der Waals surface area contributed by atoms with Crippen molar-refractivity contribution in [2.45, 2.75) is 71.5 Å². The molecule has 0 aliphatic carbocycles. The largest absolute Gasteiger partial charge is 0.268 e. The normalized spacial score (nSPS) is 17.9. The van der Waals surface area contributed by atoms with E-state index in [1.54, 1.807) is 16.3 Å². The second-order valence-corrected chi connectivity index (χ2v) is 8.78. The molecule has 3 heterocycles. The van der Waals surface area contributed by atoms with E-state index in [-0.39, 0.29) is 10.9 Å². The lowest BCUT2D eigenvalue weighted by Gasteiger charge is -2.23. The molecule has 1 N–H and O–H groups in total. The molecule has 25 heavy (non-hydrogen) atoms. The Morgan fingerprint density at radius 2 is 1.96 bits per heavy atom. The van der Waals surface area contributed by atoms with Crippen LogP contribution in [-0.2, 0) is 23.1 Å². The van der Waals surface area contributed by atoms with Crippen molar-refractivity contribution in [1.82, 2.24) is 29.3 Å². The van der Waals surface area contributed by atoms with E-state index in [1.807, 2.05) is 13.8 Å². The highest BCUT2D eigenvalue weighted by Crippen LogP contribution is 2.27. The summed E-state index contributed by atoms with van der Waals surface area (Å²) in [4.78, 5) is 4.68. The number of aryl methyl sites for hydroxylation is 3. The Morgan fingerprint density at radius 1 is 1.24 bits per heavy atom. The number of hydrogen-bond acceptors (Lipinski definition) is 5. The number of nitrogens with zero attached hydrogens (tertiary/aromatic N) is 5. The SMILES string of the molecule is Cc1nc2n(n1)CCC[C@@H]2NS(=O)(=O)c1c(C)nn(CC(C)C)c1C. The molecule has 1 aliphatic heterocycles. The maximum Gasteiger partial charge on any atom is 0.244 e. The van der Waals surface area contributed by atoms with Crippen LogP contribution in [-0.4, -0.2) is 33.0 Å². The van der Waals surface area contributed by atoms with Gasteiger partial charge < -0.3 is 0 Å². The van der Waals surface area contributed by atoms with E-state index < -0.39 is 10.0 Å². The predicted molar refractivity (Wildman–Crippen MR) is 93.6 cm³/mol. The minimum atomic E-state index is -3.68. The van der Waals surface area contributed by atoms with E-state index in [1.165, 1.54) is 0 Å². The maximum absolute atomic E-state index is 13.0. The van der Waals surface area contributed by atoms with Crippen LogP contribution in [0.4, 0.5) is 0 Å². The molecule has 0 saturated heterocycles. The average molecular weight is 366 g/mol. The highest BCUT2D eigenvalue weighted by molar-refractivity contribution is 7.89. The zero-order valence-electron chi connectivity index (χ0n) is 15.4. The summed E-state index contributed by atoms with van der Waals surface area (Å²) in [6.45, 7) is 11.0. The number of rotatable bonds is 5. The van der Waals surface area contributed by atoms with Gasteiger partial charge >= 0.3 is 0 Å². The Morgan fingerprint density at radius 3 is 2.64 bits per heavy atom. The van der Waals surface area contributed by atoms with Gasteiger partial charge in [0, 0.05) is 13.1 Å². The van der Waals surface area contributed by atoms with Crippen LogP contribution in [0.25, 0.3) is 0 Å². The van der Waals surface area contributed by atoms with Crippen LogP contribution in [0.1, 0.15) is 55.8 Å². The van der Waals surface area contributed by atoms with Crippen LogP contribution >= 0.6 is 0 Å². The summed E-state index contributed by atoms with van der Waals surface area (Å²) in [5, 5.41) is 8.75. The maximum atomic E-state index is 13.0. The van der Waals surface area contributed by atoms with E-state index in [4.69, 9.17) is 0 Å². The van der Waals surface area contributed by atoms with Crippen LogP contribution in [0.2, 0.25) is 0 Å². The van der Waals surface area contributed by atoms with Gasteiger partial charge in [0.25, 0.3) is 0 Å². The zero-order chi connectivity index (χ0) is 18.4. The average Bonchev–Trinajstić information content (AvgIpc) is 2.98. The van der Waals surface area contributed by atoms with Gasteiger partial charge in [0.2, 0.25) is 10.0 Å². The molecule has 1 atom stereocenters. The number of sulfonamides is 1. The third kappa shape index (κ3) is 3.48. The first-order chi connectivity index (χ1) is 11.7. The first kappa shape index (κ1) is 18.1.